The van der Waals surface area contributed by atoms with Gasteiger partial charge in [0.15, 0.2) is 0 Å². The second-order valence-corrected chi connectivity index (χ2v) is 5.82. The van der Waals surface area contributed by atoms with Crippen LogP contribution in [0.4, 0.5) is 10.1 Å². The molecule has 2 N–H and O–H groups in total. The fraction of sp³-hybridized carbons (Fsp3) is 0.143. The van der Waals surface area contributed by atoms with Crippen molar-refractivity contribution in [1.29, 1.82) is 0 Å². The third-order valence-corrected chi connectivity index (χ3v) is 3.92. The van der Waals surface area contributed by atoms with Crippen LogP contribution in [0.2, 0.25) is 0 Å². The molecule has 0 saturated carbocycles. The van der Waals surface area contributed by atoms with Gasteiger partial charge in [0.25, 0.3) is 0 Å². The Labute approximate surface area is 127 Å². The van der Waals surface area contributed by atoms with E-state index in [1.165, 1.54) is 12.1 Å². The van der Waals surface area contributed by atoms with Gasteiger partial charge in [-0.15, -0.1) is 0 Å². The molecule has 19 heavy (non-hydrogen) atoms. The number of anilines is 1. The first-order chi connectivity index (χ1) is 9.10. The monoisotopic (exact) mass is 387 g/mol. The number of rotatable bonds is 4. The summed E-state index contributed by atoms with van der Waals surface area (Å²) in [6.45, 7) is -0.0830. The molecule has 2 aromatic carbocycles. The van der Waals surface area contributed by atoms with E-state index in [-0.39, 0.29) is 18.5 Å². The minimum absolute atomic E-state index is 0.0830. The molecule has 0 amide bonds. The van der Waals surface area contributed by atoms with Crippen LogP contribution in [-0.4, -0.2) is 11.7 Å². The van der Waals surface area contributed by atoms with Crippen molar-refractivity contribution in [3.05, 3.63) is 62.8 Å². The molecule has 0 spiro atoms. The lowest BCUT2D eigenvalue weighted by atomic mass is 10.1. The second kappa shape index (κ2) is 6.50. The predicted octanol–water partition coefficient (Wildman–Crippen LogP) is 4.50. The van der Waals surface area contributed by atoms with Gasteiger partial charge in [-0.2, -0.15) is 0 Å². The van der Waals surface area contributed by atoms with Crippen molar-refractivity contribution in [2.24, 2.45) is 0 Å². The maximum Gasteiger partial charge on any atom is 0.124 e. The van der Waals surface area contributed by atoms with Crippen molar-refractivity contribution in [2.45, 2.75) is 6.04 Å². The molecule has 1 unspecified atom stereocenters. The van der Waals surface area contributed by atoms with Crippen molar-refractivity contribution >= 4 is 37.5 Å². The van der Waals surface area contributed by atoms with Gasteiger partial charge in [-0.1, -0.05) is 37.9 Å². The van der Waals surface area contributed by atoms with Crippen molar-refractivity contribution in [2.75, 3.05) is 11.9 Å². The third kappa shape index (κ3) is 3.78. The van der Waals surface area contributed by atoms with Crippen LogP contribution in [0, 0.1) is 5.82 Å². The summed E-state index contributed by atoms with van der Waals surface area (Å²) in [6.07, 6.45) is 0. The lowest BCUT2D eigenvalue weighted by Crippen LogP contribution is -2.15. The summed E-state index contributed by atoms with van der Waals surface area (Å²) >= 11 is 6.68. The van der Waals surface area contributed by atoms with E-state index in [1.54, 1.807) is 6.07 Å². The lowest BCUT2D eigenvalue weighted by molar-refractivity contribution is 0.276. The molecule has 1 atom stereocenters. The molecule has 0 aromatic heterocycles. The number of benzene rings is 2. The zero-order valence-electron chi connectivity index (χ0n) is 9.91. The van der Waals surface area contributed by atoms with E-state index < -0.39 is 0 Å². The van der Waals surface area contributed by atoms with E-state index >= 15 is 0 Å². The van der Waals surface area contributed by atoms with Gasteiger partial charge in [0.2, 0.25) is 0 Å². The zero-order valence-corrected chi connectivity index (χ0v) is 13.1. The SMILES string of the molecule is OCC(Nc1ccc(Br)cc1)c1ccc(F)cc1Br. The van der Waals surface area contributed by atoms with E-state index in [2.05, 4.69) is 37.2 Å². The number of hydrogen-bond acceptors (Lipinski definition) is 2. The summed E-state index contributed by atoms with van der Waals surface area (Å²) in [6, 6.07) is 11.8. The Kier molecular flexibility index (Phi) is 4.96. The van der Waals surface area contributed by atoms with Crippen LogP contribution < -0.4 is 5.32 Å². The Balaban J connectivity index is 2.22. The zero-order chi connectivity index (χ0) is 13.8. The molecular weight excluding hydrogens is 377 g/mol. The molecule has 2 nitrogen and oxygen atoms in total. The van der Waals surface area contributed by atoms with Crippen LogP contribution >= 0.6 is 31.9 Å². The van der Waals surface area contributed by atoms with E-state index in [0.717, 1.165) is 15.7 Å². The Morgan fingerprint density at radius 1 is 1.11 bits per heavy atom. The average Bonchev–Trinajstić information content (AvgIpc) is 2.39. The first-order valence-electron chi connectivity index (χ1n) is 5.68. The molecule has 0 radical (unpaired) electrons. The maximum absolute atomic E-state index is 13.1. The smallest absolute Gasteiger partial charge is 0.124 e. The highest BCUT2D eigenvalue weighted by molar-refractivity contribution is 9.10. The summed E-state index contributed by atoms with van der Waals surface area (Å²) in [4.78, 5) is 0. The molecule has 2 aromatic rings. The van der Waals surface area contributed by atoms with E-state index in [1.807, 2.05) is 24.3 Å². The van der Waals surface area contributed by atoms with Crippen LogP contribution in [0.5, 0.6) is 0 Å². The van der Waals surface area contributed by atoms with Crippen LogP contribution in [0.25, 0.3) is 0 Å². The molecule has 0 aliphatic carbocycles. The molecule has 0 bridgehead atoms. The Morgan fingerprint density at radius 2 is 1.79 bits per heavy atom. The van der Waals surface area contributed by atoms with Gasteiger partial charge in [-0.25, -0.2) is 4.39 Å². The lowest BCUT2D eigenvalue weighted by Gasteiger charge is -2.19. The molecule has 100 valence electrons. The van der Waals surface area contributed by atoms with Gasteiger partial charge in [0.1, 0.15) is 5.82 Å². The fourth-order valence-corrected chi connectivity index (χ4v) is 2.64. The minimum atomic E-state index is -0.309. The molecule has 0 saturated heterocycles. The van der Waals surface area contributed by atoms with Crippen LogP contribution in [-0.2, 0) is 0 Å². The molecule has 2 rings (SSSR count). The number of nitrogens with one attached hydrogen (secondary N) is 1. The van der Waals surface area contributed by atoms with Gasteiger partial charge >= 0.3 is 0 Å². The van der Waals surface area contributed by atoms with Gasteiger partial charge in [0, 0.05) is 14.6 Å². The van der Waals surface area contributed by atoms with E-state index in [4.69, 9.17) is 0 Å². The van der Waals surface area contributed by atoms with Crippen LogP contribution in [0.15, 0.2) is 51.4 Å². The van der Waals surface area contributed by atoms with Gasteiger partial charge < -0.3 is 10.4 Å². The summed E-state index contributed by atoms with van der Waals surface area (Å²) in [7, 11) is 0. The van der Waals surface area contributed by atoms with Crippen molar-refractivity contribution in [1.82, 2.24) is 0 Å². The van der Waals surface area contributed by atoms with Gasteiger partial charge in [-0.05, 0) is 42.0 Å². The largest absolute Gasteiger partial charge is 0.394 e. The first kappa shape index (κ1) is 14.5. The molecule has 0 aliphatic heterocycles. The second-order valence-electron chi connectivity index (χ2n) is 4.05. The molecule has 0 aliphatic rings. The minimum Gasteiger partial charge on any atom is -0.394 e. The predicted molar refractivity (Wildman–Crippen MR) is 81.7 cm³/mol. The van der Waals surface area contributed by atoms with Crippen molar-refractivity contribution < 1.29 is 9.50 Å². The topological polar surface area (TPSA) is 32.3 Å². The van der Waals surface area contributed by atoms with E-state index in [9.17, 15) is 9.50 Å². The highest BCUT2D eigenvalue weighted by Gasteiger charge is 2.14. The third-order valence-electron chi connectivity index (χ3n) is 2.71. The number of halogens is 3. The molecular formula is C14H12Br2FNO. The van der Waals surface area contributed by atoms with Gasteiger partial charge in [-0.3, -0.25) is 0 Å². The van der Waals surface area contributed by atoms with Crippen LogP contribution in [0.3, 0.4) is 0 Å². The molecule has 0 fully saturated rings. The first-order valence-corrected chi connectivity index (χ1v) is 7.26. The quantitative estimate of drug-likeness (QED) is 0.808. The highest BCUT2D eigenvalue weighted by Crippen LogP contribution is 2.27. The number of aliphatic hydroxyl groups excluding tert-OH is 1. The highest BCUT2D eigenvalue weighted by atomic mass is 79.9. The Bertz CT molecular complexity index is 560. The fourth-order valence-electron chi connectivity index (χ4n) is 1.75. The standard InChI is InChI=1S/C14H12Br2FNO/c15-9-1-4-11(5-2-9)18-14(8-19)12-6-3-10(17)7-13(12)16/h1-7,14,18-19H,8H2. The normalized spacial score (nSPS) is 12.2. The molecule has 5 heteroatoms. The van der Waals surface area contributed by atoms with E-state index in [0.29, 0.717) is 4.47 Å². The van der Waals surface area contributed by atoms with Crippen molar-refractivity contribution in [3.8, 4) is 0 Å². The summed E-state index contributed by atoms with van der Waals surface area (Å²) in [5.41, 5.74) is 1.70. The average molecular weight is 389 g/mol. The molecule has 0 heterocycles. The Morgan fingerprint density at radius 3 is 2.37 bits per heavy atom. The number of hydrogen-bond donors (Lipinski definition) is 2. The summed E-state index contributed by atoms with van der Waals surface area (Å²) < 4.78 is 14.7. The van der Waals surface area contributed by atoms with Crippen LogP contribution in [0.1, 0.15) is 11.6 Å². The number of aliphatic hydroxyl groups is 1. The Hall–Kier alpha value is -0.910. The van der Waals surface area contributed by atoms with Gasteiger partial charge in [0.05, 0.1) is 12.6 Å². The summed E-state index contributed by atoms with van der Waals surface area (Å²) in [5, 5.41) is 12.7. The summed E-state index contributed by atoms with van der Waals surface area (Å²) in [5.74, 6) is -0.309. The maximum atomic E-state index is 13.1. The van der Waals surface area contributed by atoms with Crippen molar-refractivity contribution in [3.63, 3.8) is 0 Å².